The van der Waals surface area contributed by atoms with E-state index in [1.54, 1.807) is 12.3 Å². The van der Waals surface area contributed by atoms with E-state index >= 15 is 0 Å². The molecule has 19 heavy (non-hydrogen) atoms. The smallest absolute Gasteiger partial charge is 0.242 e. The van der Waals surface area contributed by atoms with Gasteiger partial charge in [0, 0.05) is 10.7 Å². The monoisotopic (exact) mass is 323 g/mol. The maximum Gasteiger partial charge on any atom is 0.242 e. The topological polar surface area (TPSA) is 68.0 Å². The highest BCUT2D eigenvalue weighted by Gasteiger charge is 2.46. The van der Waals surface area contributed by atoms with Gasteiger partial charge in [0.25, 0.3) is 0 Å². The van der Waals surface area contributed by atoms with E-state index in [1.165, 1.54) is 25.7 Å². The maximum atomic E-state index is 12.2. The lowest BCUT2D eigenvalue weighted by atomic mass is 9.89. The zero-order valence-corrected chi connectivity index (χ0v) is 12.3. The molecule has 2 fully saturated rings. The molecule has 0 bridgehead atoms. The number of carbonyl (C=O) groups excluding carboxylic acids is 1. The van der Waals surface area contributed by atoms with Crippen LogP contribution in [0.2, 0.25) is 0 Å². The quantitative estimate of drug-likeness (QED) is 0.875. The van der Waals surface area contributed by atoms with Crippen molar-refractivity contribution in [1.82, 2.24) is 4.98 Å². The summed E-state index contributed by atoms with van der Waals surface area (Å²) in [5.41, 5.74) is 6.17. The fourth-order valence-electron chi connectivity index (χ4n) is 2.77. The average Bonchev–Trinajstić information content (AvgIpc) is 3.25. The number of rotatable bonds is 5. The Hall–Kier alpha value is -0.940. The van der Waals surface area contributed by atoms with Crippen LogP contribution in [0.4, 0.5) is 5.82 Å². The van der Waals surface area contributed by atoms with Gasteiger partial charge in [-0.15, -0.1) is 0 Å². The minimum absolute atomic E-state index is 0.0985. The van der Waals surface area contributed by atoms with Crippen molar-refractivity contribution in [3.63, 3.8) is 0 Å². The van der Waals surface area contributed by atoms with Gasteiger partial charge >= 0.3 is 0 Å². The molecule has 0 aliphatic heterocycles. The molecule has 4 nitrogen and oxygen atoms in total. The molecule has 0 spiro atoms. The van der Waals surface area contributed by atoms with Gasteiger partial charge in [-0.25, -0.2) is 4.98 Å². The largest absolute Gasteiger partial charge is 0.320 e. The Balaban J connectivity index is 1.63. The van der Waals surface area contributed by atoms with E-state index in [0.717, 1.165) is 4.47 Å². The Morgan fingerprint density at radius 2 is 1.95 bits per heavy atom. The number of hydrogen-bond donors (Lipinski definition) is 2. The van der Waals surface area contributed by atoms with E-state index in [0.29, 0.717) is 23.6 Å². The summed E-state index contributed by atoms with van der Waals surface area (Å²) in [5.74, 6) is 2.18. The molecule has 0 saturated heterocycles. The van der Waals surface area contributed by atoms with Crippen LogP contribution >= 0.6 is 15.9 Å². The second-order valence-corrected chi connectivity index (χ2v) is 6.54. The highest BCUT2D eigenvalue weighted by atomic mass is 79.9. The van der Waals surface area contributed by atoms with Crippen LogP contribution in [0.25, 0.3) is 0 Å². The summed E-state index contributed by atoms with van der Waals surface area (Å²) < 4.78 is 0.892. The van der Waals surface area contributed by atoms with E-state index in [4.69, 9.17) is 5.73 Å². The van der Waals surface area contributed by atoms with Gasteiger partial charge in [-0.05, 0) is 71.5 Å². The first kappa shape index (κ1) is 13.1. The standard InChI is InChI=1S/C14H18BrN3O/c15-10-5-6-11(17-7-10)18-14(19)13(16)12(8-1-2-8)9-3-4-9/h5-9,12-13H,1-4,16H2,(H,17,18,19). The number of pyridine rings is 1. The molecule has 1 aromatic heterocycles. The Labute approximate surface area is 121 Å². The van der Waals surface area contributed by atoms with Crippen LogP contribution < -0.4 is 11.1 Å². The first-order valence-corrected chi connectivity index (χ1v) is 7.62. The van der Waals surface area contributed by atoms with Crippen molar-refractivity contribution in [2.75, 3.05) is 5.32 Å². The molecular formula is C14H18BrN3O. The molecule has 3 N–H and O–H groups in total. The van der Waals surface area contributed by atoms with Crippen LogP contribution in [0.3, 0.4) is 0 Å². The number of hydrogen-bond acceptors (Lipinski definition) is 3. The van der Waals surface area contributed by atoms with Gasteiger partial charge in [0.05, 0.1) is 6.04 Å². The van der Waals surface area contributed by atoms with Crippen LogP contribution in [0, 0.1) is 17.8 Å². The van der Waals surface area contributed by atoms with E-state index in [2.05, 4.69) is 26.2 Å². The van der Waals surface area contributed by atoms with Gasteiger partial charge in [0.1, 0.15) is 5.82 Å². The SMILES string of the molecule is NC(C(=O)Nc1ccc(Br)cn1)C(C1CC1)C1CC1. The third-order valence-corrected chi connectivity index (χ3v) is 4.50. The zero-order chi connectivity index (χ0) is 13.4. The Morgan fingerprint density at radius 1 is 1.32 bits per heavy atom. The van der Waals surface area contributed by atoms with Crippen LogP contribution in [0.15, 0.2) is 22.8 Å². The maximum absolute atomic E-state index is 12.2. The van der Waals surface area contributed by atoms with E-state index in [9.17, 15) is 4.79 Å². The summed E-state index contributed by atoms with van der Waals surface area (Å²) in [5, 5.41) is 2.82. The second-order valence-electron chi connectivity index (χ2n) is 5.63. The average molecular weight is 324 g/mol. The number of aromatic nitrogens is 1. The molecule has 1 heterocycles. The van der Waals surface area contributed by atoms with Crippen molar-refractivity contribution in [2.24, 2.45) is 23.5 Å². The van der Waals surface area contributed by atoms with Gasteiger partial charge in [-0.1, -0.05) is 0 Å². The van der Waals surface area contributed by atoms with Crippen molar-refractivity contribution in [2.45, 2.75) is 31.7 Å². The van der Waals surface area contributed by atoms with Crippen molar-refractivity contribution in [1.29, 1.82) is 0 Å². The second kappa shape index (κ2) is 5.21. The van der Waals surface area contributed by atoms with Gasteiger partial charge < -0.3 is 11.1 Å². The van der Waals surface area contributed by atoms with Gasteiger partial charge in [0.15, 0.2) is 0 Å². The lowest BCUT2D eigenvalue weighted by Gasteiger charge is -2.22. The Kier molecular flexibility index (Phi) is 3.58. The predicted octanol–water partition coefficient (Wildman–Crippen LogP) is 2.55. The van der Waals surface area contributed by atoms with Gasteiger partial charge in [0.2, 0.25) is 5.91 Å². The number of nitrogens with two attached hydrogens (primary N) is 1. The summed E-state index contributed by atoms with van der Waals surface area (Å²) in [6, 6.07) is 3.23. The molecule has 0 aromatic carbocycles. The Morgan fingerprint density at radius 3 is 2.42 bits per heavy atom. The number of amides is 1. The Bertz CT molecular complexity index is 456. The molecule has 2 aliphatic rings. The third kappa shape index (κ3) is 3.15. The van der Waals surface area contributed by atoms with Crippen LogP contribution in [-0.4, -0.2) is 16.9 Å². The van der Waals surface area contributed by atoms with Gasteiger partial charge in [-0.3, -0.25) is 4.79 Å². The number of anilines is 1. The van der Waals surface area contributed by atoms with Crippen molar-refractivity contribution >= 4 is 27.7 Å². The minimum Gasteiger partial charge on any atom is -0.320 e. The molecule has 2 aliphatic carbocycles. The molecule has 3 rings (SSSR count). The summed E-state index contributed by atoms with van der Waals surface area (Å²) in [6.07, 6.45) is 6.61. The highest BCUT2D eigenvalue weighted by Crippen LogP contribution is 2.50. The molecule has 102 valence electrons. The minimum atomic E-state index is -0.398. The molecule has 0 radical (unpaired) electrons. The fourth-order valence-corrected chi connectivity index (χ4v) is 3.00. The zero-order valence-electron chi connectivity index (χ0n) is 10.7. The third-order valence-electron chi connectivity index (χ3n) is 4.03. The molecule has 1 unspecified atom stereocenters. The predicted molar refractivity (Wildman–Crippen MR) is 77.5 cm³/mol. The summed E-state index contributed by atoms with van der Waals surface area (Å²) in [6.45, 7) is 0. The van der Waals surface area contributed by atoms with Crippen LogP contribution in [0.5, 0.6) is 0 Å². The molecule has 1 amide bonds. The number of carbonyl (C=O) groups is 1. The van der Waals surface area contributed by atoms with E-state index in [-0.39, 0.29) is 5.91 Å². The van der Waals surface area contributed by atoms with Crippen LogP contribution in [-0.2, 0) is 4.79 Å². The summed E-state index contributed by atoms with van der Waals surface area (Å²) in [4.78, 5) is 16.4. The van der Waals surface area contributed by atoms with E-state index in [1.807, 2.05) is 6.07 Å². The van der Waals surface area contributed by atoms with E-state index < -0.39 is 6.04 Å². The van der Waals surface area contributed by atoms with Crippen LogP contribution in [0.1, 0.15) is 25.7 Å². The molecule has 1 atom stereocenters. The van der Waals surface area contributed by atoms with Crippen molar-refractivity contribution in [3.8, 4) is 0 Å². The summed E-state index contributed by atoms with van der Waals surface area (Å²) in [7, 11) is 0. The van der Waals surface area contributed by atoms with Crippen molar-refractivity contribution in [3.05, 3.63) is 22.8 Å². The molecule has 2 saturated carbocycles. The number of halogens is 1. The molecule has 1 aromatic rings. The first-order chi connectivity index (χ1) is 9.15. The molecule has 5 heteroatoms. The first-order valence-electron chi connectivity index (χ1n) is 6.83. The van der Waals surface area contributed by atoms with Gasteiger partial charge in [-0.2, -0.15) is 0 Å². The normalized spacial score (nSPS) is 20.4. The number of nitrogens with zero attached hydrogens (tertiary/aromatic N) is 1. The van der Waals surface area contributed by atoms with Crippen molar-refractivity contribution < 1.29 is 4.79 Å². The molecular weight excluding hydrogens is 306 g/mol. The lowest BCUT2D eigenvalue weighted by molar-refractivity contribution is -0.118. The number of nitrogens with one attached hydrogen (secondary N) is 1. The highest BCUT2D eigenvalue weighted by molar-refractivity contribution is 9.10. The summed E-state index contributed by atoms with van der Waals surface area (Å²) >= 11 is 3.32. The fraction of sp³-hybridized carbons (Fsp3) is 0.571. The lowest BCUT2D eigenvalue weighted by Crippen LogP contribution is -2.43.